The standard InChI is InChI=1S/C33H38ClF3N8O4/c1-31(2,44-27(48)26(47)39-23-6-4-3-5-7-23)18-38-25(46)20-8-14-24(15-9-20)40-28-41-29(43-30(42-28)49-19-33(35,36)37)45-32(16-17-32)21-10-12-22(34)13-11-21/h8-15,23H,3-7,16-19H2,1-2H3,(H,38,46)(H,39,47)(H,44,48)(H2,40,41,42,43,45). The zero-order valence-corrected chi connectivity index (χ0v) is 27.8. The Balaban J connectivity index is 1.19. The molecule has 3 aromatic rings. The van der Waals surface area contributed by atoms with Crippen molar-refractivity contribution < 1.29 is 32.3 Å². The highest BCUT2D eigenvalue weighted by Gasteiger charge is 2.45. The normalized spacial score (nSPS) is 15.9. The van der Waals surface area contributed by atoms with Crippen molar-refractivity contribution in [3.05, 3.63) is 64.7 Å². The number of anilines is 3. The molecular weight excluding hydrogens is 665 g/mol. The highest BCUT2D eigenvalue weighted by Crippen LogP contribution is 2.48. The Labute approximate surface area is 286 Å². The molecule has 5 N–H and O–H groups in total. The number of alkyl halides is 3. The molecule has 0 spiro atoms. The van der Waals surface area contributed by atoms with E-state index in [1.165, 1.54) is 12.1 Å². The number of rotatable bonds is 12. The lowest BCUT2D eigenvalue weighted by molar-refractivity contribution is -0.154. The molecule has 2 aliphatic carbocycles. The molecule has 1 aromatic heterocycles. The predicted molar refractivity (Wildman–Crippen MR) is 177 cm³/mol. The number of carbonyl (C=O) groups is 3. The summed E-state index contributed by atoms with van der Waals surface area (Å²) in [6, 6.07) is 12.9. The van der Waals surface area contributed by atoms with Crippen LogP contribution >= 0.6 is 11.6 Å². The van der Waals surface area contributed by atoms with Crippen molar-refractivity contribution in [2.24, 2.45) is 0 Å². The highest BCUT2D eigenvalue weighted by molar-refractivity contribution is 6.35. The molecule has 3 amide bonds. The fraction of sp³-hybridized carbons (Fsp3) is 0.455. The molecule has 0 radical (unpaired) electrons. The van der Waals surface area contributed by atoms with E-state index in [0.29, 0.717) is 16.3 Å². The van der Waals surface area contributed by atoms with Crippen LogP contribution in [0, 0.1) is 0 Å². The predicted octanol–water partition coefficient (Wildman–Crippen LogP) is 5.38. The van der Waals surface area contributed by atoms with Crippen LogP contribution in [0.2, 0.25) is 5.02 Å². The number of aromatic nitrogens is 3. The van der Waals surface area contributed by atoms with Gasteiger partial charge in [-0.25, -0.2) is 0 Å². The quantitative estimate of drug-likeness (QED) is 0.156. The van der Waals surface area contributed by atoms with Crippen molar-refractivity contribution in [3.8, 4) is 6.01 Å². The zero-order valence-electron chi connectivity index (χ0n) is 27.0. The number of hydrogen-bond donors (Lipinski definition) is 5. The Hall–Kier alpha value is -4.66. The van der Waals surface area contributed by atoms with Crippen molar-refractivity contribution in [2.75, 3.05) is 23.8 Å². The summed E-state index contributed by atoms with van der Waals surface area (Å²) < 4.78 is 43.6. The van der Waals surface area contributed by atoms with E-state index in [-0.39, 0.29) is 24.5 Å². The van der Waals surface area contributed by atoms with Gasteiger partial charge >= 0.3 is 24.0 Å². The lowest BCUT2D eigenvalue weighted by Crippen LogP contribution is -2.56. The summed E-state index contributed by atoms with van der Waals surface area (Å²) in [4.78, 5) is 50.1. The van der Waals surface area contributed by atoms with E-state index >= 15 is 0 Å². The second-order valence-corrected chi connectivity index (χ2v) is 13.4. The van der Waals surface area contributed by atoms with Gasteiger partial charge in [0.1, 0.15) is 0 Å². The summed E-state index contributed by atoms with van der Waals surface area (Å²) >= 11 is 6.03. The maximum Gasteiger partial charge on any atom is 0.422 e. The Morgan fingerprint density at radius 3 is 2.18 bits per heavy atom. The summed E-state index contributed by atoms with van der Waals surface area (Å²) in [5, 5.41) is 14.9. The molecule has 0 atom stereocenters. The molecule has 2 aliphatic rings. The summed E-state index contributed by atoms with van der Waals surface area (Å²) in [6.45, 7) is 1.84. The minimum Gasteiger partial charge on any atom is -0.454 e. The fourth-order valence-electron chi connectivity index (χ4n) is 5.42. The molecule has 0 saturated heterocycles. The van der Waals surface area contributed by atoms with Crippen LogP contribution in [0.3, 0.4) is 0 Å². The largest absolute Gasteiger partial charge is 0.454 e. The van der Waals surface area contributed by atoms with Crippen LogP contribution in [0.1, 0.15) is 74.7 Å². The molecule has 16 heteroatoms. The monoisotopic (exact) mass is 702 g/mol. The Morgan fingerprint density at radius 1 is 0.898 bits per heavy atom. The molecule has 5 rings (SSSR count). The second kappa shape index (κ2) is 14.8. The fourth-order valence-corrected chi connectivity index (χ4v) is 5.54. The van der Waals surface area contributed by atoms with E-state index in [1.807, 2.05) is 12.1 Å². The number of ether oxygens (including phenoxy) is 1. The van der Waals surface area contributed by atoms with Crippen molar-refractivity contribution in [1.82, 2.24) is 30.9 Å². The summed E-state index contributed by atoms with van der Waals surface area (Å²) in [5.41, 5.74) is 0.225. The maximum absolute atomic E-state index is 12.9. The first-order valence-corrected chi connectivity index (χ1v) is 16.3. The van der Waals surface area contributed by atoms with Crippen molar-refractivity contribution in [1.29, 1.82) is 0 Å². The molecule has 12 nitrogen and oxygen atoms in total. The third-order valence-corrected chi connectivity index (χ3v) is 8.42. The van der Waals surface area contributed by atoms with Gasteiger partial charge in [-0.05, 0) is 81.5 Å². The average molecular weight is 703 g/mol. The SMILES string of the molecule is CC(C)(CNC(=O)c1ccc(Nc2nc(NC3(c4ccc(Cl)cc4)CC3)nc(OCC(F)(F)F)n2)cc1)NC(=O)C(=O)NC1CCCCC1. The number of carbonyl (C=O) groups excluding carboxylic acids is 3. The molecule has 2 fully saturated rings. The minimum absolute atomic E-state index is 0.00385. The van der Waals surface area contributed by atoms with Crippen LogP contribution in [0.4, 0.5) is 30.8 Å². The van der Waals surface area contributed by atoms with Crippen molar-refractivity contribution in [2.45, 2.75) is 82.1 Å². The molecule has 1 heterocycles. The van der Waals surface area contributed by atoms with E-state index < -0.39 is 47.6 Å². The molecular formula is C33H38ClF3N8O4. The maximum atomic E-state index is 12.9. The zero-order chi connectivity index (χ0) is 35.2. The van der Waals surface area contributed by atoms with Gasteiger partial charge in [-0.2, -0.15) is 28.1 Å². The van der Waals surface area contributed by atoms with Gasteiger partial charge in [-0.1, -0.05) is 43.0 Å². The number of amides is 3. The summed E-state index contributed by atoms with van der Waals surface area (Å²) in [5.74, 6) is -1.95. The number of hydrogen-bond acceptors (Lipinski definition) is 9. The number of benzene rings is 2. The van der Waals surface area contributed by atoms with Gasteiger partial charge in [-0.3, -0.25) is 14.4 Å². The lowest BCUT2D eigenvalue weighted by Gasteiger charge is -2.27. The molecule has 2 aromatic carbocycles. The first-order valence-electron chi connectivity index (χ1n) is 16.0. The smallest absolute Gasteiger partial charge is 0.422 e. The van der Waals surface area contributed by atoms with Gasteiger partial charge in [0.25, 0.3) is 5.91 Å². The van der Waals surface area contributed by atoms with Crippen LogP contribution in [0.15, 0.2) is 48.5 Å². The van der Waals surface area contributed by atoms with E-state index in [1.54, 1.807) is 38.1 Å². The molecule has 0 bridgehead atoms. The van der Waals surface area contributed by atoms with E-state index in [0.717, 1.165) is 50.5 Å². The van der Waals surface area contributed by atoms with Crippen LogP contribution in [0.5, 0.6) is 6.01 Å². The highest BCUT2D eigenvalue weighted by atomic mass is 35.5. The van der Waals surface area contributed by atoms with Crippen LogP contribution in [-0.2, 0) is 15.1 Å². The van der Waals surface area contributed by atoms with E-state index in [2.05, 4.69) is 41.5 Å². The molecule has 0 unspecified atom stereocenters. The first kappa shape index (κ1) is 35.6. The Bertz CT molecular complexity index is 1650. The third kappa shape index (κ3) is 10.4. The Kier molecular flexibility index (Phi) is 10.8. The van der Waals surface area contributed by atoms with E-state index in [9.17, 15) is 27.6 Å². The van der Waals surface area contributed by atoms with Gasteiger partial charge in [0.05, 0.1) is 11.1 Å². The van der Waals surface area contributed by atoms with Crippen LogP contribution in [0.25, 0.3) is 0 Å². The number of halogens is 4. The van der Waals surface area contributed by atoms with Gasteiger partial charge in [0.2, 0.25) is 11.9 Å². The molecule has 49 heavy (non-hydrogen) atoms. The number of nitrogens with zero attached hydrogens (tertiary/aromatic N) is 3. The van der Waals surface area contributed by atoms with E-state index in [4.69, 9.17) is 16.3 Å². The molecule has 262 valence electrons. The second-order valence-electron chi connectivity index (χ2n) is 12.9. The van der Waals surface area contributed by atoms with Crippen LogP contribution in [-0.4, -0.2) is 63.6 Å². The summed E-state index contributed by atoms with van der Waals surface area (Å²) in [6.07, 6.45) is 1.74. The molecule has 0 aliphatic heterocycles. The van der Waals surface area contributed by atoms with Crippen molar-refractivity contribution >= 4 is 46.9 Å². The van der Waals surface area contributed by atoms with Gasteiger partial charge < -0.3 is 31.3 Å². The Morgan fingerprint density at radius 2 is 1.55 bits per heavy atom. The van der Waals surface area contributed by atoms with Crippen molar-refractivity contribution in [3.63, 3.8) is 0 Å². The third-order valence-electron chi connectivity index (χ3n) is 8.17. The van der Waals surface area contributed by atoms with Gasteiger partial charge in [-0.15, -0.1) is 0 Å². The molecule has 2 saturated carbocycles. The van der Waals surface area contributed by atoms with Crippen LogP contribution < -0.4 is 31.3 Å². The van der Waals surface area contributed by atoms with Gasteiger partial charge in [0.15, 0.2) is 6.61 Å². The number of nitrogens with one attached hydrogen (secondary N) is 5. The summed E-state index contributed by atoms with van der Waals surface area (Å²) in [7, 11) is 0. The minimum atomic E-state index is -4.60. The lowest BCUT2D eigenvalue weighted by atomic mass is 9.95. The average Bonchev–Trinajstić information content (AvgIpc) is 3.83. The first-order chi connectivity index (χ1) is 23.2. The van der Waals surface area contributed by atoms with Gasteiger partial charge in [0, 0.05) is 28.9 Å². The topological polar surface area (TPSA) is 159 Å².